The molecular formula is C13H20ClN3. The predicted molar refractivity (Wildman–Crippen MR) is 73.9 cm³/mol. The van der Waals surface area contributed by atoms with Gasteiger partial charge in [-0.05, 0) is 25.1 Å². The standard InChI is InChI=1S/C13H20ClN3/c14-12-4-1-2-5-13(12)16-6-3-9-17-10-7-15-8-11-17/h1-2,4-5,15-16H,3,6-11H2. The van der Waals surface area contributed by atoms with Crippen LogP contribution in [0.5, 0.6) is 0 Å². The number of piperazine rings is 1. The molecule has 1 fully saturated rings. The van der Waals surface area contributed by atoms with Crippen molar-refractivity contribution in [2.24, 2.45) is 0 Å². The van der Waals surface area contributed by atoms with Gasteiger partial charge < -0.3 is 15.5 Å². The third kappa shape index (κ3) is 4.19. The van der Waals surface area contributed by atoms with Crippen molar-refractivity contribution in [1.29, 1.82) is 0 Å². The molecule has 1 heterocycles. The van der Waals surface area contributed by atoms with E-state index in [0.717, 1.165) is 36.8 Å². The summed E-state index contributed by atoms with van der Waals surface area (Å²) in [7, 11) is 0. The zero-order valence-corrected chi connectivity index (χ0v) is 10.8. The van der Waals surface area contributed by atoms with Crippen molar-refractivity contribution in [3.05, 3.63) is 29.3 Å². The van der Waals surface area contributed by atoms with Gasteiger partial charge in [0, 0.05) is 32.7 Å². The van der Waals surface area contributed by atoms with Gasteiger partial charge in [-0.25, -0.2) is 0 Å². The molecule has 0 amide bonds. The number of hydrogen-bond donors (Lipinski definition) is 2. The lowest BCUT2D eigenvalue weighted by molar-refractivity contribution is 0.240. The quantitative estimate of drug-likeness (QED) is 0.787. The van der Waals surface area contributed by atoms with Gasteiger partial charge in [0.2, 0.25) is 0 Å². The summed E-state index contributed by atoms with van der Waals surface area (Å²) in [6.45, 7) is 6.74. The van der Waals surface area contributed by atoms with Crippen molar-refractivity contribution in [2.45, 2.75) is 6.42 Å². The number of rotatable bonds is 5. The molecule has 2 rings (SSSR count). The van der Waals surface area contributed by atoms with Gasteiger partial charge in [-0.2, -0.15) is 0 Å². The molecular weight excluding hydrogens is 234 g/mol. The number of nitrogens with zero attached hydrogens (tertiary/aromatic N) is 1. The SMILES string of the molecule is Clc1ccccc1NCCCN1CCNCC1. The molecule has 4 heteroatoms. The highest BCUT2D eigenvalue weighted by molar-refractivity contribution is 6.33. The number of para-hydroxylation sites is 1. The van der Waals surface area contributed by atoms with Crippen LogP contribution in [0.2, 0.25) is 5.02 Å². The molecule has 1 aromatic carbocycles. The fourth-order valence-electron chi connectivity index (χ4n) is 2.07. The number of benzene rings is 1. The van der Waals surface area contributed by atoms with Crippen molar-refractivity contribution in [2.75, 3.05) is 44.6 Å². The van der Waals surface area contributed by atoms with Crippen LogP contribution in [0.1, 0.15) is 6.42 Å². The first-order chi connectivity index (χ1) is 8.36. The van der Waals surface area contributed by atoms with Crippen LogP contribution in [0.4, 0.5) is 5.69 Å². The van der Waals surface area contributed by atoms with Crippen LogP contribution < -0.4 is 10.6 Å². The first-order valence-electron chi connectivity index (χ1n) is 6.28. The van der Waals surface area contributed by atoms with Crippen molar-refractivity contribution in [1.82, 2.24) is 10.2 Å². The average molecular weight is 254 g/mol. The van der Waals surface area contributed by atoms with Gasteiger partial charge in [0.15, 0.2) is 0 Å². The van der Waals surface area contributed by atoms with Crippen LogP contribution in [0.15, 0.2) is 24.3 Å². The van der Waals surface area contributed by atoms with Gasteiger partial charge in [0.1, 0.15) is 0 Å². The predicted octanol–water partition coefficient (Wildman–Crippen LogP) is 2.05. The minimum absolute atomic E-state index is 0.801. The van der Waals surface area contributed by atoms with Gasteiger partial charge in [0.25, 0.3) is 0 Å². The zero-order valence-electron chi connectivity index (χ0n) is 10.1. The van der Waals surface area contributed by atoms with Crippen molar-refractivity contribution < 1.29 is 0 Å². The molecule has 0 saturated carbocycles. The first-order valence-corrected chi connectivity index (χ1v) is 6.65. The molecule has 17 heavy (non-hydrogen) atoms. The molecule has 0 bridgehead atoms. The van der Waals surface area contributed by atoms with Crippen LogP contribution in [0.3, 0.4) is 0 Å². The fourth-order valence-corrected chi connectivity index (χ4v) is 2.27. The van der Waals surface area contributed by atoms with E-state index in [1.54, 1.807) is 0 Å². The zero-order chi connectivity index (χ0) is 11.9. The van der Waals surface area contributed by atoms with E-state index >= 15 is 0 Å². The smallest absolute Gasteiger partial charge is 0.0637 e. The molecule has 1 aliphatic heterocycles. The Hall–Kier alpha value is -0.770. The third-order valence-electron chi connectivity index (χ3n) is 3.05. The summed E-state index contributed by atoms with van der Waals surface area (Å²) in [5.74, 6) is 0. The number of hydrogen-bond acceptors (Lipinski definition) is 3. The summed E-state index contributed by atoms with van der Waals surface area (Å²) < 4.78 is 0. The Kier molecular flexibility index (Phi) is 5.10. The van der Waals surface area contributed by atoms with Crippen LogP contribution in [0, 0.1) is 0 Å². The van der Waals surface area contributed by atoms with E-state index < -0.39 is 0 Å². The molecule has 3 nitrogen and oxygen atoms in total. The summed E-state index contributed by atoms with van der Waals surface area (Å²) >= 11 is 6.07. The van der Waals surface area contributed by atoms with E-state index in [-0.39, 0.29) is 0 Å². The van der Waals surface area contributed by atoms with Crippen molar-refractivity contribution >= 4 is 17.3 Å². The van der Waals surface area contributed by atoms with E-state index in [2.05, 4.69) is 15.5 Å². The van der Waals surface area contributed by atoms with E-state index in [9.17, 15) is 0 Å². The maximum absolute atomic E-state index is 6.07. The molecule has 0 radical (unpaired) electrons. The Morgan fingerprint density at radius 1 is 1.24 bits per heavy atom. The maximum atomic E-state index is 6.07. The molecule has 0 atom stereocenters. The molecule has 1 aliphatic rings. The van der Waals surface area contributed by atoms with Crippen LogP contribution in [-0.2, 0) is 0 Å². The minimum atomic E-state index is 0.801. The summed E-state index contributed by atoms with van der Waals surface area (Å²) in [6.07, 6.45) is 1.16. The number of halogens is 1. The molecule has 94 valence electrons. The van der Waals surface area contributed by atoms with Gasteiger partial charge in [-0.15, -0.1) is 0 Å². The second kappa shape index (κ2) is 6.84. The molecule has 0 unspecified atom stereocenters. The molecule has 0 aromatic heterocycles. The van der Waals surface area contributed by atoms with Crippen LogP contribution in [-0.4, -0.2) is 44.2 Å². The van der Waals surface area contributed by atoms with E-state index in [1.165, 1.54) is 19.6 Å². The Balaban J connectivity index is 1.64. The second-order valence-electron chi connectivity index (χ2n) is 4.35. The number of nitrogens with one attached hydrogen (secondary N) is 2. The minimum Gasteiger partial charge on any atom is -0.384 e. The average Bonchev–Trinajstić information content (AvgIpc) is 2.38. The molecule has 1 saturated heterocycles. The highest BCUT2D eigenvalue weighted by Gasteiger charge is 2.08. The Bertz CT molecular complexity index is 337. The monoisotopic (exact) mass is 253 g/mol. The van der Waals surface area contributed by atoms with Gasteiger partial charge >= 0.3 is 0 Å². The van der Waals surface area contributed by atoms with Gasteiger partial charge in [-0.1, -0.05) is 23.7 Å². The second-order valence-corrected chi connectivity index (χ2v) is 4.76. The maximum Gasteiger partial charge on any atom is 0.0637 e. The summed E-state index contributed by atoms with van der Waals surface area (Å²) in [5, 5.41) is 7.54. The largest absolute Gasteiger partial charge is 0.384 e. The van der Waals surface area contributed by atoms with Crippen LogP contribution >= 0.6 is 11.6 Å². The normalized spacial score (nSPS) is 17.0. The highest BCUT2D eigenvalue weighted by atomic mass is 35.5. The molecule has 1 aromatic rings. The molecule has 0 aliphatic carbocycles. The Morgan fingerprint density at radius 2 is 2.00 bits per heavy atom. The van der Waals surface area contributed by atoms with E-state index in [0.29, 0.717) is 0 Å². The Morgan fingerprint density at radius 3 is 2.76 bits per heavy atom. The highest BCUT2D eigenvalue weighted by Crippen LogP contribution is 2.20. The van der Waals surface area contributed by atoms with E-state index in [1.807, 2.05) is 24.3 Å². The molecule has 2 N–H and O–H groups in total. The lowest BCUT2D eigenvalue weighted by atomic mass is 10.3. The van der Waals surface area contributed by atoms with Gasteiger partial charge in [0.05, 0.1) is 10.7 Å². The van der Waals surface area contributed by atoms with E-state index in [4.69, 9.17) is 11.6 Å². The number of anilines is 1. The summed E-state index contributed by atoms with van der Waals surface area (Å²) in [5.41, 5.74) is 1.04. The lowest BCUT2D eigenvalue weighted by Gasteiger charge is -2.27. The fraction of sp³-hybridized carbons (Fsp3) is 0.538. The summed E-state index contributed by atoms with van der Waals surface area (Å²) in [4.78, 5) is 2.50. The molecule has 0 spiro atoms. The topological polar surface area (TPSA) is 27.3 Å². The third-order valence-corrected chi connectivity index (χ3v) is 3.38. The van der Waals surface area contributed by atoms with Crippen molar-refractivity contribution in [3.63, 3.8) is 0 Å². The van der Waals surface area contributed by atoms with Gasteiger partial charge in [-0.3, -0.25) is 0 Å². The van der Waals surface area contributed by atoms with Crippen molar-refractivity contribution in [3.8, 4) is 0 Å². The van der Waals surface area contributed by atoms with Crippen LogP contribution in [0.25, 0.3) is 0 Å². The first kappa shape index (κ1) is 12.7. The Labute approximate surface area is 108 Å². The lowest BCUT2D eigenvalue weighted by Crippen LogP contribution is -2.44. The summed E-state index contributed by atoms with van der Waals surface area (Å²) in [6, 6.07) is 7.89.